The minimum Gasteiger partial charge on any atom is -0.306 e. The van der Waals surface area contributed by atoms with Crippen molar-refractivity contribution in [1.29, 1.82) is 0 Å². The van der Waals surface area contributed by atoms with Crippen molar-refractivity contribution in [3.05, 3.63) is 0 Å². The average molecular weight is 240 g/mol. The van der Waals surface area contributed by atoms with Crippen LogP contribution in [0.4, 0.5) is 0 Å². The zero-order chi connectivity index (χ0) is 12.8. The molecule has 1 fully saturated rings. The zero-order valence-electron chi connectivity index (χ0n) is 12.6. The second kappa shape index (κ2) is 7.38. The van der Waals surface area contributed by atoms with E-state index in [0.29, 0.717) is 0 Å². The quantitative estimate of drug-likeness (QED) is 0.704. The fourth-order valence-electron chi connectivity index (χ4n) is 3.01. The maximum absolute atomic E-state index is 2.64. The summed E-state index contributed by atoms with van der Waals surface area (Å²) < 4.78 is 0. The number of hydrogen-bond acceptors (Lipinski definition) is 2. The van der Waals surface area contributed by atoms with Gasteiger partial charge in [0.1, 0.15) is 0 Å². The van der Waals surface area contributed by atoms with E-state index in [0.717, 1.165) is 17.8 Å². The molecule has 0 bridgehead atoms. The number of nitrogens with zero attached hydrogens (tertiary/aromatic N) is 2. The fraction of sp³-hybridized carbons (Fsp3) is 1.00. The van der Waals surface area contributed by atoms with Crippen LogP contribution in [0.15, 0.2) is 0 Å². The summed E-state index contributed by atoms with van der Waals surface area (Å²) in [6.45, 7) is 15.7. The Morgan fingerprint density at radius 2 is 1.65 bits per heavy atom. The molecule has 17 heavy (non-hydrogen) atoms. The maximum atomic E-state index is 2.64. The molecule has 0 saturated carbocycles. The molecule has 0 aromatic carbocycles. The molecule has 0 N–H and O–H groups in total. The second-order valence-electron chi connectivity index (χ2n) is 6.75. The van der Waals surface area contributed by atoms with Crippen LogP contribution in [0.1, 0.15) is 40.5 Å². The van der Waals surface area contributed by atoms with Gasteiger partial charge in [0.2, 0.25) is 0 Å². The van der Waals surface area contributed by atoms with Crippen molar-refractivity contribution < 1.29 is 0 Å². The molecule has 0 aromatic heterocycles. The van der Waals surface area contributed by atoms with Gasteiger partial charge in [-0.1, -0.05) is 27.7 Å². The summed E-state index contributed by atoms with van der Waals surface area (Å²) in [7, 11) is 2.28. The van der Waals surface area contributed by atoms with E-state index in [2.05, 4.69) is 44.5 Å². The molecule has 1 aliphatic rings. The van der Waals surface area contributed by atoms with Gasteiger partial charge in [-0.2, -0.15) is 0 Å². The first-order chi connectivity index (χ1) is 7.97. The summed E-state index contributed by atoms with van der Waals surface area (Å²) in [5, 5.41) is 0. The first-order valence-electron chi connectivity index (χ1n) is 7.38. The third-order valence-electron chi connectivity index (χ3n) is 3.58. The van der Waals surface area contributed by atoms with Gasteiger partial charge in [-0.25, -0.2) is 0 Å². The number of likely N-dealkylation sites (tertiary alicyclic amines) is 1. The minimum atomic E-state index is 0.793. The standard InChI is InChI=1S/C15H32N2/c1-13(2)10-16(5)12-15-6-8-17(9-7-15)11-14(3)4/h13-15H,6-12H2,1-5H3. The molecule has 1 heterocycles. The van der Waals surface area contributed by atoms with Gasteiger partial charge in [0.25, 0.3) is 0 Å². The van der Waals surface area contributed by atoms with E-state index in [1.165, 1.54) is 45.6 Å². The predicted octanol–water partition coefficient (Wildman–Crippen LogP) is 2.94. The van der Waals surface area contributed by atoms with Gasteiger partial charge in [0.05, 0.1) is 0 Å². The van der Waals surface area contributed by atoms with Gasteiger partial charge in [-0.15, -0.1) is 0 Å². The van der Waals surface area contributed by atoms with E-state index < -0.39 is 0 Å². The molecule has 0 spiro atoms. The van der Waals surface area contributed by atoms with E-state index in [9.17, 15) is 0 Å². The highest BCUT2D eigenvalue weighted by molar-refractivity contribution is 4.75. The number of hydrogen-bond donors (Lipinski definition) is 0. The Morgan fingerprint density at radius 3 is 2.12 bits per heavy atom. The fourth-order valence-corrected chi connectivity index (χ4v) is 3.01. The van der Waals surface area contributed by atoms with Crippen molar-refractivity contribution in [2.45, 2.75) is 40.5 Å². The highest BCUT2D eigenvalue weighted by atomic mass is 15.1. The van der Waals surface area contributed by atoms with Crippen molar-refractivity contribution in [3.63, 3.8) is 0 Å². The van der Waals surface area contributed by atoms with Gasteiger partial charge in [0.15, 0.2) is 0 Å². The molecule has 0 aliphatic carbocycles. The summed E-state index contributed by atoms with van der Waals surface area (Å²) in [4.78, 5) is 5.16. The summed E-state index contributed by atoms with van der Waals surface area (Å²) in [5.74, 6) is 2.54. The highest BCUT2D eigenvalue weighted by Crippen LogP contribution is 2.19. The van der Waals surface area contributed by atoms with Crippen LogP contribution in [0.3, 0.4) is 0 Å². The third kappa shape index (κ3) is 6.42. The molecule has 2 nitrogen and oxygen atoms in total. The zero-order valence-corrected chi connectivity index (χ0v) is 12.6. The van der Waals surface area contributed by atoms with E-state index in [1.807, 2.05) is 0 Å². The Bertz CT molecular complexity index is 193. The van der Waals surface area contributed by atoms with E-state index in [1.54, 1.807) is 0 Å². The van der Waals surface area contributed by atoms with Gasteiger partial charge < -0.3 is 9.80 Å². The summed E-state index contributed by atoms with van der Waals surface area (Å²) >= 11 is 0. The highest BCUT2D eigenvalue weighted by Gasteiger charge is 2.20. The molecule has 0 aromatic rings. The molecule has 0 amide bonds. The smallest absolute Gasteiger partial charge is 0.000767 e. The lowest BCUT2D eigenvalue weighted by atomic mass is 9.95. The number of piperidine rings is 1. The Labute approximate surface area is 108 Å². The Kier molecular flexibility index (Phi) is 6.50. The molecular weight excluding hydrogens is 208 g/mol. The van der Waals surface area contributed by atoms with Crippen LogP contribution < -0.4 is 0 Å². The van der Waals surface area contributed by atoms with Crippen LogP contribution >= 0.6 is 0 Å². The normalized spacial score (nSPS) is 19.8. The van der Waals surface area contributed by atoms with Crippen LogP contribution in [-0.2, 0) is 0 Å². The SMILES string of the molecule is CC(C)CN(C)CC1CCN(CC(C)C)CC1. The Balaban J connectivity index is 2.18. The van der Waals surface area contributed by atoms with Gasteiger partial charge >= 0.3 is 0 Å². The van der Waals surface area contributed by atoms with E-state index in [-0.39, 0.29) is 0 Å². The lowest BCUT2D eigenvalue weighted by Gasteiger charge is -2.35. The van der Waals surface area contributed by atoms with Crippen LogP contribution in [0.25, 0.3) is 0 Å². The predicted molar refractivity (Wildman–Crippen MR) is 76.3 cm³/mol. The van der Waals surface area contributed by atoms with Crippen LogP contribution in [0, 0.1) is 17.8 Å². The van der Waals surface area contributed by atoms with Gasteiger partial charge in [-0.05, 0) is 50.7 Å². The van der Waals surface area contributed by atoms with Gasteiger partial charge in [-0.3, -0.25) is 0 Å². The molecule has 0 atom stereocenters. The third-order valence-corrected chi connectivity index (χ3v) is 3.58. The van der Waals surface area contributed by atoms with Crippen LogP contribution in [0.2, 0.25) is 0 Å². The lowest BCUT2D eigenvalue weighted by Crippen LogP contribution is -2.39. The maximum Gasteiger partial charge on any atom is 0.000767 e. The van der Waals surface area contributed by atoms with Crippen molar-refractivity contribution >= 4 is 0 Å². The molecule has 1 rings (SSSR count). The summed E-state index contributed by atoms with van der Waals surface area (Å²) in [6, 6.07) is 0. The molecule has 2 heteroatoms. The van der Waals surface area contributed by atoms with Gasteiger partial charge in [0, 0.05) is 19.6 Å². The van der Waals surface area contributed by atoms with E-state index >= 15 is 0 Å². The van der Waals surface area contributed by atoms with Crippen molar-refractivity contribution in [2.75, 3.05) is 39.8 Å². The summed E-state index contributed by atoms with van der Waals surface area (Å²) in [6.07, 6.45) is 2.80. The summed E-state index contributed by atoms with van der Waals surface area (Å²) in [5.41, 5.74) is 0. The topological polar surface area (TPSA) is 6.48 Å². The first kappa shape index (κ1) is 15.0. The first-order valence-corrected chi connectivity index (χ1v) is 7.38. The number of rotatable bonds is 6. The minimum absolute atomic E-state index is 0.793. The average Bonchev–Trinajstić information content (AvgIpc) is 2.18. The monoisotopic (exact) mass is 240 g/mol. The van der Waals surface area contributed by atoms with Crippen LogP contribution in [0.5, 0.6) is 0 Å². The van der Waals surface area contributed by atoms with Crippen LogP contribution in [-0.4, -0.2) is 49.6 Å². The second-order valence-corrected chi connectivity index (χ2v) is 6.75. The molecule has 1 aliphatic heterocycles. The lowest BCUT2D eigenvalue weighted by molar-refractivity contribution is 0.139. The van der Waals surface area contributed by atoms with Crippen molar-refractivity contribution in [2.24, 2.45) is 17.8 Å². The van der Waals surface area contributed by atoms with Crippen molar-refractivity contribution in [3.8, 4) is 0 Å². The molecular formula is C15H32N2. The molecule has 1 saturated heterocycles. The largest absolute Gasteiger partial charge is 0.306 e. The Morgan fingerprint density at radius 1 is 1.06 bits per heavy atom. The van der Waals surface area contributed by atoms with Crippen molar-refractivity contribution in [1.82, 2.24) is 9.80 Å². The molecule has 0 radical (unpaired) electrons. The molecule has 102 valence electrons. The molecule has 0 unspecified atom stereocenters. The Hall–Kier alpha value is -0.0800. The van der Waals surface area contributed by atoms with E-state index in [4.69, 9.17) is 0 Å².